The largest absolute Gasteiger partial charge is 0.450 e. The second-order valence-corrected chi connectivity index (χ2v) is 10.9. The first-order valence-corrected chi connectivity index (χ1v) is 14.6. The predicted octanol–water partition coefficient (Wildman–Crippen LogP) is 4.18. The highest BCUT2D eigenvalue weighted by molar-refractivity contribution is 5.81. The Bertz CT molecular complexity index is 1300. The molecular formula is C30H41N9O2. The highest BCUT2D eigenvalue weighted by Gasteiger charge is 2.31. The summed E-state index contributed by atoms with van der Waals surface area (Å²) >= 11 is 0. The molecule has 2 N–H and O–H groups in total. The van der Waals surface area contributed by atoms with Crippen LogP contribution in [0.15, 0.2) is 53.1 Å². The number of amides is 1. The number of nitrogens with one attached hydrogen (secondary N) is 2. The van der Waals surface area contributed by atoms with Crippen molar-refractivity contribution >= 4 is 24.3 Å². The van der Waals surface area contributed by atoms with Gasteiger partial charge in [0, 0.05) is 75.1 Å². The second kappa shape index (κ2) is 13.1. The first kappa shape index (κ1) is 28.5. The van der Waals surface area contributed by atoms with Crippen LogP contribution in [0, 0.1) is 12.3 Å². The number of likely N-dealkylation sites (tertiary alicyclic amines) is 2. The Hall–Kier alpha value is -3.99. The topological polar surface area (TPSA) is 115 Å². The molecule has 0 aromatic carbocycles. The summed E-state index contributed by atoms with van der Waals surface area (Å²) in [5.41, 5.74) is 2.94. The molecule has 2 fully saturated rings. The van der Waals surface area contributed by atoms with Crippen molar-refractivity contribution in [1.82, 2.24) is 29.5 Å². The molecule has 41 heavy (non-hydrogen) atoms. The zero-order valence-electron chi connectivity index (χ0n) is 24.3. The second-order valence-electron chi connectivity index (χ2n) is 10.9. The van der Waals surface area contributed by atoms with Gasteiger partial charge >= 0.3 is 6.09 Å². The SMILES string of the molecule is CCOC(=O)N1CCC(N2CCC(c3cc(NCC(C=N)=C4N=CC=CN4C)n(-c4ccc(C)cn4)n3)CC2)CC1. The molecule has 2 saturated heterocycles. The van der Waals surface area contributed by atoms with Crippen LogP contribution in [0.25, 0.3) is 5.82 Å². The number of aromatic nitrogens is 3. The molecule has 11 heteroatoms. The number of hydrogen-bond donors (Lipinski definition) is 2. The van der Waals surface area contributed by atoms with E-state index in [4.69, 9.17) is 15.2 Å². The first-order chi connectivity index (χ1) is 20.0. The molecule has 3 aliphatic heterocycles. The fraction of sp³-hybridized carbons (Fsp3) is 0.500. The van der Waals surface area contributed by atoms with Crippen molar-refractivity contribution in [3.63, 3.8) is 0 Å². The lowest BCUT2D eigenvalue weighted by molar-refractivity contribution is 0.0661. The molecule has 218 valence electrons. The van der Waals surface area contributed by atoms with Gasteiger partial charge in [-0.25, -0.2) is 14.8 Å². The van der Waals surface area contributed by atoms with Crippen LogP contribution in [0.5, 0.6) is 0 Å². The van der Waals surface area contributed by atoms with E-state index in [-0.39, 0.29) is 6.09 Å². The molecule has 5 heterocycles. The Morgan fingerprint density at radius 1 is 1.17 bits per heavy atom. The zero-order valence-corrected chi connectivity index (χ0v) is 24.3. The van der Waals surface area contributed by atoms with Gasteiger partial charge in [-0.2, -0.15) is 9.78 Å². The number of allylic oxidation sites excluding steroid dienone is 1. The van der Waals surface area contributed by atoms with Gasteiger partial charge < -0.3 is 30.2 Å². The molecule has 0 bridgehead atoms. The Kier molecular flexibility index (Phi) is 9.13. The summed E-state index contributed by atoms with van der Waals surface area (Å²) in [5.74, 6) is 2.71. The van der Waals surface area contributed by atoms with E-state index >= 15 is 0 Å². The van der Waals surface area contributed by atoms with Crippen LogP contribution < -0.4 is 5.32 Å². The number of carbonyl (C=O) groups is 1. The van der Waals surface area contributed by atoms with Crippen molar-refractivity contribution in [2.24, 2.45) is 4.99 Å². The van der Waals surface area contributed by atoms with E-state index in [2.05, 4.69) is 26.3 Å². The third-order valence-electron chi connectivity index (χ3n) is 8.14. The van der Waals surface area contributed by atoms with Crippen LogP contribution >= 0.6 is 0 Å². The van der Waals surface area contributed by atoms with Crippen LogP contribution in [-0.4, -0.2) is 100 Å². The number of rotatable bonds is 8. The van der Waals surface area contributed by atoms with E-state index in [9.17, 15) is 4.79 Å². The molecule has 0 aliphatic carbocycles. The summed E-state index contributed by atoms with van der Waals surface area (Å²) < 4.78 is 7.06. The molecule has 0 atom stereocenters. The number of carbonyl (C=O) groups excluding carboxylic acids is 1. The van der Waals surface area contributed by atoms with Gasteiger partial charge in [0.2, 0.25) is 0 Å². The molecule has 0 spiro atoms. The van der Waals surface area contributed by atoms with Crippen molar-refractivity contribution in [3.8, 4) is 5.82 Å². The lowest BCUT2D eigenvalue weighted by atomic mass is 9.91. The number of aliphatic imine (C=N–C) groups is 1. The first-order valence-electron chi connectivity index (χ1n) is 14.6. The number of piperidine rings is 2. The zero-order chi connectivity index (χ0) is 28.8. The lowest BCUT2D eigenvalue weighted by Crippen LogP contribution is -2.49. The Morgan fingerprint density at radius 2 is 1.95 bits per heavy atom. The molecule has 0 unspecified atom stereocenters. The van der Waals surface area contributed by atoms with Gasteiger partial charge in [-0.3, -0.25) is 0 Å². The molecular weight excluding hydrogens is 518 g/mol. The third kappa shape index (κ3) is 6.67. The van der Waals surface area contributed by atoms with Gasteiger partial charge in [0.15, 0.2) is 5.82 Å². The van der Waals surface area contributed by atoms with Gasteiger partial charge in [-0.15, -0.1) is 0 Å². The summed E-state index contributed by atoms with van der Waals surface area (Å²) in [6.45, 7) is 8.30. The van der Waals surface area contributed by atoms with Crippen LogP contribution in [-0.2, 0) is 4.74 Å². The molecule has 1 amide bonds. The predicted molar refractivity (Wildman–Crippen MR) is 161 cm³/mol. The maximum Gasteiger partial charge on any atom is 0.409 e. The number of pyridine rings is 1. The highest BCUT2D eigenvalue weighted by atomic mass is 16.6. The minimum absolute atomic E-state index is 0.188. The van der Waals surface area contributed by atoms with Gasteiger partial charge in [-0.05, 0) is 70.3 Å². The van der Waals surface area contributed by atoms with Gasteiger partial charge in [-0.1, -0.05) is 6.07 Å². The molecule has 2 aromatic heterocycles. The number of aryl methyl sites for hydroxylation is 1. The number of anilines is 1. The minimum atomic E-state index is -0.188. The summed E-state index contributed by atoms with van der Waals surface area (Å²) in [6.07, 6.45) is 12.6. The molecule has 5 rings (SSSR count). The van der Waals surface area contributed by atoms with Gasteiger partial charge in [0.1, 0.15) is 11.6 Å². The quantitative estimate of drug-likeness (QED) is 0.466. The van der Waals surface area contributed by atoms with Crippen molar-refractivity contribution in [2.75, 3.05) is 51.7 Å². The van der Waals surface area contributed by atoms with Crippen molar-refractivity contribution in [3.05, 3.63) is 59.3 Å². The Morgan fingerprint density at radius 3 is 2.61 bits per heavy atom. The normalized spacial score (nSPS) is 19.9. The highest BCUT2D eigenvalue weighted by Crippen LogP contribution is 2.32. The van der Waals surface area contributed by atoms with E-state index in [0.29, 0.717) is 25.1 Å². The summed E-state index contributed by atoms with van der Waals surface area (Å²) in [5, 5.41) is 16.6. The van der Waals surface area contributed by atoms with Crippen LogP contribution in [0.1, 0.15) is 49.8 Å². The maximum atomic E-state index is 12.1. The fourth-order valence-electron chi connectivity index (χ4n) is 5.81. The van der Waals surface area contributed by atoms with Crippen molar-refractivity contribution < 1.29 is 9.53 Å². The monoisotopic (exact) mass is 559 g/mol. The van der Waals surface area contributed by atoms with E-state index in [1.54, 1.807) is 6.21 Å². The fourth-order valence-corrected chi connectivity index (χ4v) is 5.81. The van der Waals surface area contributed by atoms with Crippen LogP contribution in [0.2, 0.25) is 0 Å². The summed E-state index contributed by atoms with van der Waals surface area (Å²) in [7, 11) is 1.93. The van der Waals surface area contributed by atoms with E-state index in [1.165, 1.54) is 6.21 Å². The average molecular weight is 560 g/mol. The summed E-state index contributed by atoms with van der Waals surface area (Å²) in [6, 6.07) is 6.68. The lowest BCUT2D eigenvalue weighted by Gasteiger charge is -2.41. The third-order valence-corrected chi connectivity index (χ3v) is 8.14. The Labute approximate surface area is 242 Å². The van der Waals surface area contributed by atoms with Gasteiger partial charge in [0.05, 0.1) is 12.3 Å². The standard InChI is InChI=1S/C30H41N9O2/c1-4-41-30(40)38-16-10-25(11-17-38)37-14-8-23(9-15-37)26-18-28(39(35-26)27-7-6-22(2)20-33-27)34-21-24(19-31)29-32-12-5-13-36(29)3/h5-7,12-13,18-20,23,25,31,34H,4,8-11,14-17,21H2,1-3H3. The van der Waals surface area contributed by atoms with Crippen molar-refractivity contribution in [1.29, 1.82) is 5.41 Å². The molecule has 2 aromatic rings. The average Bonchev–Trinajstić information content (AvgIpc) is 3.43. The Balaban J connectivity index is 1.27. The van der Waals surface area contributed by atoms with Crippen molar-refractivity contribution in [2.45, 2.75) is 51.5 Å². The number of ether oxygens (including phenoxy) is 1. The molecule has 0 saturated carbocycles. The minimum Gasteiger partial charge on any atom is -0.450 e. The molecule has 3 aliphatic rings. The number of hydrogen-bond acceptors (Lipinski definition) is 9. The van der Waals surface area contributed by atoms with E-state index in [0.717, 1.165) is 86.1 Å². The number of nitrogens with zero attached hydrogens (tertiary/aromatic N) is 7. The van der Waals surface area contributed by atoms with Crippen LogP contribution in [0.3, 0.4) is 0 Å². The van der Waals surface area contributed by atoms with Crippen LogP contribution in [0.4, 0.5) is 10.6 Å². The maximum absolute atomic E-state index is 12.1. The van der Waals surface area contributed by atoms with E-state index < -0.39 is 0 Å². The molecule has 0 radical (unpaired) electrons. The smallest absolute Gasteiger partial charge is 0.409 e. The van der Waals surface area contributed by atoms with Gasteiger partial charge in [0.25, 0.3) is 0 Å². The summed E-state index contributed by atoms with van der Waals surface area (Å²) in [4.78, 5) is 27.5. The molecule has 11 nitrogen and oxygen atoms in total. The van der Waals surface area contributed by atoms with E-state index in [1.807, 2.05) is 66.0 Å².